The summed E-state index contributed by atoms with van der Waals surface area (Å²) in [4.78, 5) is 19.9. The van der Waals surface area contributed by atoms with Crippen LogP contribution in [0.1, 0.15) is 16.1 Å². The Hall–Kier alpha value is -3.13. The van der Waals surface area contributed by atoms with Crippen LogP contribution in [0.2, 0.25) is 0 Å². The Kier molecular flexibility index (Phi) is 3.13. The lowest BCUT2D eigenvalue weighted by molar-refractivity contribution is 0.102. The number of nitrogens with zero attached hydrogens (tertiary/aromatic N) is 3. The van der Waals surface area contributed by atoms with E-state index in [1.807, 2.05) is 31.2 Å². The van der Waals surface area contributed by atoms with Gasteiger partial charge in [0.1, 0.15) is 11.3 Å². The van der Waals surface area contributed by atoms with E-state index in [4.69, 9.17) is 6.57 Å². The summed E-state index contributed by atoms with van der Waals surface area (Å²) in [5.74, 6) is -0.254. The van der Waals surface area contributed by atoms with Crippen LogP contribution in [0.25, 0.3) is 10.5 Å². The maximum Gasteiger partial charge on any atom is 0.274 e. The van der Waals surface area contributed by atoms with Gasteiger partial charge in [-0.3, -0.25) is 4.79 Å². The second-order valence-electron chi connectivity index (χ2n) is 4.69. The van der Waals surface area contributed by atoms with E-state index in [-0.39, 0.29) is 5.91 Å². The number of nitrogens with one attached hydrogen (secondary N) is 1. The van der Waals surface area contributed by atoms with Crippen molar-refractivity contribution in [3.63, 3.8) is 0 Å². The van der Waals surface area contributed by atoms with Gasteiger partial charge in [-0.25, -0.2) is 9.83 Å². The zero-order valence-electron chi connectivity index (χ0n) is 11.4. The van der Waals surface area contributed by atoms with E-state index in [1.165, 1.54) is 6.20 Å². The molecule has 1 aromatic carbocycles. The molecular formula is C16H12N4O. The maximum atomic E-state index is 12.4. The van der Waals surface area contributed by atoms with Crippen molar-refractivity contribution >= 4 is 22.9 Å². The summed E-state index contributed by atoms with van der Waals surface area (Å²) in [6, 6.07) is 11.0. The number of hydrogen-bond acceptors (Lipinski definition) is 2. The molecule has 102 valence electrons. The van der Waals surface area contributed by atoms with Crippen LogP contribution in [-0.4, -0.2) is 15.3 Å². The van der Waals surface area contributed by atoms with Gasteiger partial charge in [-0.05, 0) is 30.7 Å². The third kappa shape index (κ3) is 2.47. The van der Waals surface area contributed by atoms with E-state index < -0.39 is 0 Å². The minimum Gasteiger partial charge on any atom is -0.321 e. The Labute approximate surface area is 121 Å². The highest BCUT2D eigenvalue weighted by Gasteiger charge is 2.12. The minimum absolute atomic E-state index is 0.254. The quantitative estimate of drug-likeness (QED) is 0.729. The Morgan fingerprint density at radius 1 is 1.33 bits per heavy atom. The predicted octanol–water partition coefficient (Wildman–Crippen LogP) is 3.45. The number of imidazole rings is 1. The van der Waals surface area contributed by atoms with Crippen LogP contribution in [0.3, 0.4) is 0 Å². The summed E-state index contributed by atoms with van der Waals surface area (Å²) < 4.78 is 1.62. The first-order chi connectivity index (χ1) is 10.2. The molecule has 0 unspecified atom stereocenters. The zero-order chi connectivity index (χ0) is 14.8. The molecule has 5 heteroatoms. The molecule has 0 saturated heterocycles. The smallest absolute Gasteiger partial charge is 0.274 e. The highest BCUT2D eigenvalue weighted by atomic mass is 16.1. The average molecular weight is 276 g/mol. The minimum atomic E-state index is -0.254. The maximum absolute atomic E-state index is 12.4. The van der Waals surface area contributed by atoms with E-state index in [0.717, 1.165) is 11.3 Å². The molecule has 3 rings (SSSR count). The van der Waals surface area contributed by atoms with Crippen LogP contribution in [0.4, 0.5) is 11.4 Å². The lowest BCUT2D eigenvalue weighted by Crippen LogP contribution is -2.14. The molecule has 0 radical (unpaired) electrons. The lowest BCUT2D eigenvalue weighted by Gasteiger charge is -2.06. The second kappa shape index (κ2) is 5.10. The van der Waals surface area contributed by atoms with Crippen LogP contribution in [0.5, 0.6) is 0 Å². The Morgan fingerprint density at radius 2 is 2.19 bits per heavy atom. The molecular weight excluding hydrogens is 264 g/mol. The van der Waals surface area contributed by atoms with E-state index in [0.29, 0.717) is 17.0 Å². The largest absolute Gasteiger partial charge is 0.321 e. The molecule has 3 aromatic rings. The fourth-order valence-electron chi connectivity index (χ4n) is 2.12. The average Bonchev–Trinajstić information content (AvgIpc) is 2.90. The Bertz CT molecular complexity index is 873. The molecule has 21 heavy (non-hydrogen) atoms. The van der Waals surface area contributed by atoms with Crippen LogP contribution in [0.15, 0.2) is 48.8 Å². The van der Waals surface area contributed by atoms with Gasteiger partial charge >= 0.3 is 0 Å². The standard InChI is InChI=1S/C16H12N4O/c1-11-4-3-5-12(8-11)19-16(21)14-9-18-15-7-6-13(17-2)10-20(14)15/h3-10H,1H3,(H,19,21). The van der Waals surface area contributed by atoms with E-state index >= 15 is 0 Å². The van der Waals surface area contributed by atoms with Crippen molar-refractivity contribution in [1.82, 2.24) is 9.38 Å². The third-order valence-electron chi connectivity index (χ3n) is 3.13. The topological polar surface area (TPSA) is 50.8 Å². The van der Waals surface area contributed by atoms with Crippen molar-refractivity contribution in [2.75, 3.05) is 5.32 Å². The van der Waals surface area contributed by atoms with Crippen LogP contribution >= 0.6 is 0 Å². The van der Waals surface area contributed by atoms with Gasteiger partial charge in [0.15, 0.2) is 0 Å². The number of fused-ring (bicyclic) bond motifs is 1. The van der Waals surface area contributed by atoms with Gasteiger partial charge in [0.05, 0.1) is 12.8 Å². The molecule has 0 aliphatic carbocycles. The van der Waals surface area contributed by atoms with Crippen molar-refractivity contribution in [3.05, 3.63) is 71.5 Å². The molecule has 1 amide bonds. The molecule has 5 nitrogen and oxygen atoms in total. The number of benzene rings is 1. The molecule has 0 aliphatic rings. The summed E-state index contributed by atoms with van der Waals surface area (Å²) in [7, 11) is 0. The summed E-state index contributed by atoms with van der Waals surface area (Å²) in [6.45, 7) is 9.01. The number of aryl methyl sites for hydroxylation is 1. The summed E-state index contributed by atoms with van der Waals surface area (Å²) in [5, 5.41) is 2.84. The van der Waals surface area contributed by atoms with E-state index in [2.05, 4.69) is 15.1 Å². The van der Waals surface area contributed by atoms with E-state index in [9.17, 15) is 4.79 Å². The van der Waals surface area contributed by atoms with Gasteiger partial charge in [0.25, 0.3) is 5.91 Å². The van der Waals surface area contributed by atoms with Crippen molar-refractivity contribution in [3.8, 4) is 0 Å². The highest BCUT2D eigenvalue weighted by Crippen LogP contribution is 2.17. The van der Waals surface area contributed by atoms with Crippen molar-refractivity contribution in [2.45, 2.75) is 6.92 Å². The van der Waals surface area contributed by atoms with Crippen molar-refractivity contribution in [2.24, 2.45) is 0 Å². The molecule has 2 aromatic heterocycles. The zero-order valence-corrected chi connectivity index (χ0v) is 11.4. The highest BCUT2D eigenvalue weighted by molar-refractivity contribution is 6.03. The van der Waals surface area contributed by atoms with Crippen molar-refractivity contribution < 1.29 is 4.79 Å². The van der Waals surface area contributed by atoms with Crippen LogP contribution < -0.4 is 5.32 Å². The molecule has 0 bridgehead atoms. The van der Waals surface area contributed by atoms with Gasteiger partial charge in [0, 0.05) is 11.9 Å². The SMILES string of the molecule is [C-]#[N+]c1ccc2ncc(C(=O)Nc3cccc(C)c3)n2c1. The number of amides is 1. The predicted molar refractivity (Wildman–Crippen MR) is 80.6 cm³/mol. The van der Waals surface area contributed by atoms with E-state index in [1.54, 1.807) is 22.7 Å². The van der Waals surface area contributed by atoms with Gasteiger partial charge in [0.2, 0.25) is 5.69 Å². The molecule has 2 heterocycles. The molecule has 0 spiro atoms. The number of pyridine rings is 1. The van der Waals surface area contributed by atoms with Gasteiger partial charge in [-0.15, -0.1) is 0 Å². The first-order valence-corrected chi connectivity index (χ1v) is 6.40. The fraction of sp³-hybridized carbons (Fsp3) is 0.0625. The molecule has 0 aliphatic heterocycles. The Balaban J connectivity index is 1.96. The number of carbonyl (C=O) groups is 1. The number of carbonyl (C=O) groups excluding carboxylic acids is 1. The monoisotopic (exact) mass is 276 g/mol. The summed E-state index contributed by atoms with van der Waals surface area (Å²) in [5.41, 5.74) is 3.30. The third-order valence-corrected chi connectivity index (χ3v) is 3.13. The molecule has 1 N–H and O–H groups in total. The van der Waals surface area contributed by atoms with Gasteiger partial charge < -0.3 is 9.72 Å². The summed E-state index contributed by atoms with van der Waals surface area (Å²) >= 11 is 0. The number of aromatic nitrogens is 2. The first-order valence-electron chi connectivity index (χ1n) is 6.40. The molecule has 0 fully saturated rings. The second-order valence-corrected chi connectivity index (χ2v) is 4.69. The number of rotatable bonds is 2. The number of hydrogen-bond donors (Lipinski definition) is 1. The Morgan fingerprint density at radius 3 is 2.95 bits per heavy atom. The number of anilines is 1. The van der Waals surface area contributed by atoms with Crippen molar-refractivity contribution in [1.29, 1.82) is 0 Å². The molecule has 0 atom stereocenters. The van der Waals surface area contributed by atoms with Crippen LogP contribution in [-0.2, 0) is 0 Å². The molecule has 0 saturated carbocycles. The normalized spacial score (nSPS) is 10.3. The first kappa shape index (κ1) is 12.9. The lowest BCUT2D eigenvalue weighted by atomic mass is 10.2. The fourth-order valence-corrected chi connectivity index (χ4v) is 2.12. The van der Waals surface area contributed by atoms with Gasteiger partial charge in [-0.2, -0.15) is 0 Å². The van der Waals surface area contributed by atoms with Crippen LogP contribution in [0, 0.1) is 13.5 Å². The summed E-state index contributed by atoms with van der Waals surface area (Å²) in [6.07, 6.45) is 3.12. The van der Waals surface area contributed by atoms with Gasteiger partial charge in [-0.1, -0.05) is 18.2 Å².